The van der Waals surface area contributed by atoms with Gasteiger partial charge in [-0.15, -0.1) is 0 Å². The zero-order valence-corrected chi connectivity index (χ0v) is 14.5. The third-order valence-electron chi connectivity index (χ3n) is 3.67. The molecule has 0 bridgehead atoms. The van der Waals surface area contributed by atoms with Gasteiger partial charge in [0.25, 0.3) is 0 Å². The van der Waals surface area contributed by atoms with Crippen molar-refractivity contribution >= 4 is 33.5 Å². The molecule has 0 unspecified atom stereocenters. The maximum absolute atomic E-state index is 10.3. The quantitative estimate of drug-likeness (QED) is 0.785. The summed E-state index contributed by atoms with van der Waals surface area (Å²) in [5.41, 5.74) is 0. The summed E-state index contributed by atoms with van der Waals surface area (Å²) in [7, 11) is 0. The number of hydrogen-bond donors (Lipinski definition) is 1. The van der Waals surface area contributed by atoms with Crippen molar-refractivity contribution in [1.29, 1.82) is 0 Å². The maximum atomic E-state index is 10.3. The number of piperidine rings is 1. The van der Waals surface area contributed by atoms with Crippen LogP contribution in [0.15, 0.2) is 29.5 Å². The highest BCUT2D eigenvalue weighted by Gasteiger charge is 2.29. The van der Waals surface area contributed by atoms with Crippen molar-refractivity contribution in [3.63, 3.8) is 0 Å². The second-order valence-electron chi connectivity index (χ2n) is 5.26. The van der Waals surface area contributed by atoms with Crippen molar-refractivity contribution in [2.24, 2.45) is 5.92 Å². The standard InChI is InChI=1S/C14H15BrClN5O2/c15-13-17-5-11(6-18-13)23-8-9-1-2-21(7-12(9)22)14-19-3-10(16)4-20-14/h3-6,9,12,22H,1-2,7-8H2/t9-,12+/m1/s1. The smallest absolute Gasteiger partial charge is 0.225 e. The average Bonchev–Trinajstić information content (AvgIpc) is 2.56. The predicted octanol–water partition coefficient (Wildman–Crippen LogP) is 1.95. The molecule has 7 nitrogen and oxygen atoms in total. The molecule has 0 aliphatic carbocycles. The second kappa shape index (κ2) is 7.37. The number of rotatable bonds is 4. The molecule has 1 saturated heterocycles. The molecule has 1 aliphatic heterocycles. The van der Waals surface area contributed by atoms with E-state index in [1.165, 1.54) is 0 Å². The van der Waals surface area contributed by atoms with Crippen molar-refractivity contribution in [1.82, 2.24) is 19.9 Å². The van der Waals surface area contributed by atoms with Gasteiger partial charge in [-0.25, -0.2) is 19.9 Å². The van der Waals surface area contributed by atoms with Crippen LogP contribution < -0.4 is 9.64 Å². The third kappa shape index (κ3) is 4.27. The van der Waals surface area contributed by atoms with Crippen LogP contribution in [0.3, 0.4) is 0 Å². The Morgan fingerprint density at radius 1 is 1.22 bits per heavy atom. The lowest BCUT2D eigenvalue weighted by molar-refractivity contribution is 0.0611. The summed E-state index contributed by atoms with van der Waals surface area (Å²) < 4.78 is 6.17. The number of nitrogens with zero attached hydrogens (tertiary/aromatic N) is 5. The van der Waals surface area contributed by atoms with Crippen LogP contribution in [-0.2, 0) is 0 Å². The largest absolute Gasteiger partial charge is 0.490 e. The van der Waals surface area contributed by atoms with Crippen molar-refractivity contribution in [2.75, 3.05) is 24.6 Å². The van der Waals surface area contributed by atoms with Crippen molar-refractivity contribution in [2.45, 2.75) is 12.5 Å². The van der Waals surface area contributed by atoms with Crippen LogP contribution in [0.4, 0.5) is 5.95 Å². The molecule has 23 heavy (non-hydrogen) atoms. The Balaban J connectivity index is 1.54. The Hall–Kier alpha value is -1.51. The van der Waals surface area contributed by atoms with E-state index in [4.69, 9.17) is 16.3 Å². The molecule has 122 valence electrons. The molecule has 3 rings (SSSR count). The minimum atomic E-state index is -0.514. The van der Waals surface area contributed by atoms with E-state index in [1.807, 2.05) is 4.90 Å². The monoisotopic (exact) mass is 399 g/mol. The summed E-state index contributed by atoms with van der Waals surface area (Å²) in [5, 5.41) is 10.8. The van der Waals surface area contributed by atoms with E-state index >= 15 is 0 Å². The molecule has 0 radical (unpaired) electrons. The second-order valence-corrected chi connectivity index (χ2v) is 6.41. The highest BCUT2D eigenvalue weighted by molar-refractivity contribution is 9.10. The number of hydrogen-bond acceptors (Lipinski definition) is 7. The number of aliphatic hydroxyl groups is 1. The molecule has 1 aliphatic rings. The van der Waals surface area contributed by atoms with E-state index in [0.29, 0.717) is 34.6 Å². The van der Waals surface area contributed by atoms with Gasteiger partial charge in [0.1, 0.15) is 0 Å². The number of β-amino-alcohol motifs (C(OH)–C–C–N with tert-alkyl or cyclic N) is 1. The topological polar surface area (TPSA) is 84.3 Å². The highest BCUT2D eigenvalue weighted by Crippen LogP contribution is 2.22. The van der Waals surface area contributed by atoms with Gasteiger partial charge in [0.05, 0.1) is 42.5 Å². The molecule has 0 saturated carbocycles. The van der Waals surface area contributed by atoms with Crippen LogP contribution in [0.2, 0.25) is 5.02 Å². The lowest BCUT2D eigenvalue weighted by atomic mass is 9.95. The van der Waals surface area contributed by atoms with E-state index in [9.17, 15) is 5.11 Å². The molecule has 0 spiro atoms. The molecule has 2 aromatic heterocycles. The minimum absolute atomic E-state index is 0.0437. The van der Waals surface area contributed by atoms with E-state index in [2.05, 4.69) is 35.9 Å². The third-order valence-corrected chi connectivity index (χ3v) is 4.28. The number of anilines is 1. The first-order valence-corrected chi connectivity index (χ1v) is 8.30. The van der Waals surface area contributed by atoms with Gasteiger partial charge >= 0.3 is 0 Å². The zero-order valence-electron chi connectivity index (χ0n) is 12.1. The summed E-state index contributed by atoms with van der Waals surface area (Å²) in [6, 6.07) is 0. The molecule has 1 N–H and O–H groups in total. The van der Waals surface area contributed by atoms with Crippen molar-refractivity contribution in [3.05, 3.63) is 34.5 Å². The van der Waals surface area contributed by atoms with Gasteiger partial charge in [-0.1, -0.05) is 11.6 Å². The number of halogens is 2. The van der Waals surface area contributed by atoms with Gasteiger partial charge in [-0.2, -0.15) is 0 Å². The van der Waals surface area contributed by atoms with E-state index in [0.717, 1.165) is 13.0 Å². The fourth-order valence-electron chi connectivity index (χ4n) is 2.40. The zero-order chi connectivity index (χ0) is 16.2. The van der Waals surface area contributed by atoms with Gasteiger partial charge in [0.15, 0.2) is 10.5 Å². The normalized spacial score (nSPS) is 21.3. The molecule has 2 aromatic rings. The summed E-state index contributed by atoms with van der Waals surface area (Å²) in [6.45, 7) is 1.64. The fourth-order valence-corrected chi connectivity index (χ4v) is 2.71. The summed E-state index contributed by atoms with van der Waals surface area (Å²) in [4.78, 5) is 18.3. The van der Waals surface area contributed by atoms with Crippen LogP contribution in [0.25, 0.3) is 0 Å². The molecular weight excluding hydrogens is 386 g/mol. The van der Waals surface area contributed by atoms with Crippen molar-refractivity contribution in [3.8, 4) is 5.75 Å². The van der Waals surface area contributed by atoms with Gasteiger partial charge in [0.2, 0.25) is 5.95 Å². The number of aliphatic hydroxyl groups excluding tert-OH is 1. The molecule has 0 amide bonds. The molecule has 3 heterocycles. The average molecular weight is 401 g/mol. The molecule has 9 heteroatoms. The Morgan fingerprint density at radius 3 is 2.57 bits per heavy atom. The van der Waals surface area contributed by atoms with Crippen molar-refractivity contribution < 1.29 is 9.84 Å². The van der Waals surface area contributed by atoms with Crippen LogP contribution in [0.1, 0.15) is 6.42 Å². The van der Waals surface area contributed by atoms with Crippen LogP contribution in [0, 0.1) is 5.92 Å². The Morgan fingerprint density at radius 2 is 1.91 bits per heavy atom. The first-order chi connectivity index (χ1) is 11.1. The van der Waals surface area contributed by atoms with Crippen LogP contribution in [-0.4, -0.2) is 50.8 Å². The summed E-state index contributed by atoms with van der Waals surface area (Å²) >= 11 is 8.96. The molecule has 1 fully saturated rings. The lowest BCUT2D eigenvalue weighted by Crippen LogP contribution is -2.46. The molecule has 2 atom stereocenters. The first-order valence-electron chi connectivity index (χ1n) is 7.13. The summed E-state index contributed by atoms with van der Waals surface area (Å²) in [5.74, 6) is 1.21. The Labute approximate surface area is 146 Å². The number of ether oxygens (including phenoxy) is 1. The van der Waals surface area contributed by atoms with E-state index < -0.39 is 6.10 Å². The molecule has 0 aromatic carbocycles. The number of aromatic nitrogens is 4. The maximum Gasteiger partial charge on any atom is 0.225 e. The van der Waals surface area contributed by atoms with E-state index in [-0.39, 0.29) is 5.92 Å². The SMILES string of the molecule is O[C@H]1CN(c2ncc(Cl)cn2)CC[C@@H]1COc1cnc(Br)nc1. The molecular formula is C14H15BrClN5O2. The van der Waals surface area contributed by atoms with Gasteiger partial charge in [-0.05, 0) is 22.4 Å². The summed E-state index contributed by atoms with van der Waals surface area (Å²) in [6.07, 6.45) is 6.57. The van der Waals surface area contributed by atoms with E-state index in [1.54, 1.807) is 24.8 Å². The predicted molar refractivity (Wildman–Crippen MR) is 88.6 cm³/mol. The fraction of sp³-hybridized carbons (Fsp3) is 0.429. The van der Waals surface area contributed by atoms with Crippen LogP contribution in [0.5, 0.6) is 5.75 Å². The van der Waals surface area contributed by atoms with Gasteiger partial charge in [-0.3, -0.25) is 0 Å². The van der Waals surface area contributed by atoms with Gasteiger partial charge in [0, 0.05) is 19.0 Å². The minimum Gasteiger partial charge on any atom is -0.490 e. The first kappa shape index (κ1) is 16.4. The van der Waals surface area contributed by atoms with Gasteiger partial charge < -0.3 is 14.7 Å². The van der Waals surface area contributed by atoms with Crippen LogP contribution >= 0.6 is 27.5 Å². The lowest BCUT2D eigenvalue weighted by Gasteiger charge is -2.35. The Bertz CT molecular complexity index is 643. The highest BCUT2D eigenvalue weighted by atomic mass is 79.9. The Kier molecular flexibility index (Phi) is 5.24.